The standard InChI is InChI=1S/C19H32FN3O2/c1-5-21-19(23-11-18(24)13-25-12-14(2)3)22-9-8-16-6-7-17(20)10-15(16)4/h6-7,10,14,18,24H,5,8-9,11-13H2,1-4H3,(H2,21,22,23). The van der Waals surface area contributed by atoms with Crippen LogP contribution in [0.2, 0.25) is 0 Å². The van der Waals surface area contributed by atoms with E-state index in [4.69, 9.17) is 4.74 Å². The molecule has 0 heterocycles. The molecule has 0 amide bonds. The molecular formula is C19H32FN3O2. The van der Waals surface area contributed by atoms with Crippen LogP contribution in [0.4, 0.5) is 4.39 Å². The first-order valence-corrected chi connectivity index (χ1v) is 8.95. The Morgan fingerprint density at radius 2 is 2.04 bits per heavy atom. The van der Waals surface area contributed by atoms with E-state index >= 15 is 0 Å². The van der Waals surface area contributed by atoms with Gasteiger partial charge in [-0.05, 0) is 49.4 Å². The van der Waals surface area contributed by atoms with Gasteiger partial charge in [0.15, 0.2) is 5.96 Å². The molecule has 0 aromatic heterocycles. The molecule has 6 heteroatoms. The Bertz CT molecular complexity index is 535. The molecule has 0 fully saturated rings. The number of guanidine groups is 1. The Labute approximate surface area is 150 Å². The molecule has 0 bridgehead atoms. The molecule has 1 aromatic rings. The largest absolute Gasteiger partial charge is 0.389 e. The highest BCUT2D eigenvalue weighted by atomic mass is 19.1. The van der Waals surface area contributed by atoms with Gasteiger partial charge in [-0.3, -0.25) is 4.99 Å². The number of aryl methyl sites for hydroxylation is 1. The van der Waals surface area contributed by atoms with Gasteiger partial charge in [0.05, 0.1) is 19.3 Å². The van der Waals surface area contributed by atoms with Crippen LogP contribution in [0.15, 0.2) is 23.2 Å². The predicted octanol–water partition coefficient (Wildman–Crippen LogP) is 2.27. The van der Waals surface area contributed by atoms with Crippen LogP contribution < -0.4 is 10.6 Å². The van der Waals surface area contributed by atoms with Crippen LogP contribution in [-0.4, -0.2) is 50.0 Å². The van der Waals surface area contributed by atoms with Crippen molar-refractivity contribution >= 4 is 5.96 Å². The molecular weight excluding hydrogens is 321 g/mol. The van der Waals surface area contributed by atoms with Gasteiger partial charge in [0.1, 0.15) is 5.82 Å². The fraction of sp³-hybridized carbons (Fsp3) is 0.632. The summed E-state index contributed by atoms with van der Waals surface area (Å²) in [6, 6.07) is 4.84. The highest BCUT2D eigenvalue weighted by Crippen LogP contribution is 2.10. The third-order valence-electron chi connectivity index (χ3n) is 3.56. The summed E-state index contributed by atoms with van der Waals surface area (Å²) in [5.41, 5.74) is 2.05. The smallest absolute Gasteiger partial charge is 0.191 e. The van der Waals surface area contributed by atoms with Crippen molar-refractivity contribution in [2.75, 3.05) is 32.8 Å². The number of aliphatic imine (C=N–C) groups is 1. The maximum Gasteiger partial charge on any atom is 0.191 e. The maximum atomic E-state index is 13.1. The Balaban J connectivity index is 2.41. The number of nitrogens with zero attached hydrogens (tertiary/aromatic N) is 1. The van der Waals surface area contributed by atoms with Crippen LogP contribution in [0.3, 0.4) is 0 Å². The molecule has 1 aromatic carbocycles. The number of hydrogen-bond acceptors (Lipinski definition) is 3. The highest BCUT2D eigenvalue weighted by Gasteiger charge is 2.06. The van der Waals surface area contributed by atoms with Crippen molar-refractivity contribution in [3.8, 4) is 0 Å². The zero-order valence-electron chi connectivity index (χ0n) is 15.8. The Morgan fingerprint density at radius 3 is 2.68 bits per heavy atom. The van der Waals surface area contributed by atoms with Crippen LogP contribution in [0.1, 0.15) is 31.9 Å². The summed E-state index contributed by atoms with van der Waals surface area (Å²) in [4.78, 5) is 4.38. The lowest BCUT2D eigenvalue weighted by atomic mass is 10.1. The van der Waals surface area contributed by atoms with Gasteiger partial charge in [0.25, 0.3) is 0 Å². The van der Waals surface area contributed by atoms with Crippen molar-refractivity contribution in [2.45, 2.75) is 40.2 Å². The number of hydrogen-bond donors (Lipinski definition) is 3. The van der Waals surface area contributed by atoms with E-state index in [1.54, 1.807) is 6.07 Å². The van der Waals surface area contributed by atoms with Crippen molar-refractivity contribution in [1.82, 2.24) is 10.6 Å². The molecule has 0 radical (unpaired) electrons. The topological polar surface area (TPSA) is 65.9 Å². The third kappa shape index (κ3) is 9.41. The zero-order valence-corrected chi connectivity index (χ0v) is 15.8. The maximum absolute atomic E-state index is 13.1. The van der Waals surface area contributed by atoms with E-state index in [0.717, 1.165) is 24.1 Å². The number of benzene rings is 1. The minimum absolute atomic E-state index is 0.210. The predicted molar refractivity (Wildman–Crippen MR) is 100 cm³/mol. The molecule has 1 atom stereocenters. The van der Waals surface area contributed by atoms with Crippen molar-refractivity contribution in [2.24, 2.45) is 10.9 Å². The van der Waals surface area contributed by atoms with E-state index in [1.165, 1.54) is 6.07 Å². The van der Waals surface area contributed by atoms with Gasteiger partial charge < -0.3 is 20.5 Å². The lowest BCUT2D eigenvalue weighted by Crippen LogP contribution is -2.39. The first kappa shape index (κ1) is 21.4. The van der Waals surface area contributed by atoms with E-state index in [0.29, 0.717) is 25.0 Å². The van der Waals surface area contributed by atoms with Gasteiger partial charge in [0.2, 0.25) is 0 Å². The van der Waals surface area contributed by atoms with Crippen molar-refractivity contribution in [3.63, 3.8) is 0 Å². The zero-order chi connectivity index (χ0) is 18.7. The average molecular weight is 353 g/mol. The molecule has 142 valence electrons. The molecule has 0 aliphatic heterocycles. The minimum atomic E-state index is -0.617. The molecule has 0 aliphatic rings. The fourth-order valence-corrected chi connectivity index (χ4v) is 2.29. The molecule has 0 spiro atoms. The number of rotatable bonds is 10. The fourth-order valence-electron chi connectivity index (χ4n) is 2.29. The van der Waals surface area contributed by atoms with E-state index < -0.39 is 6.10 Å². The molecule has 1 rings (SSSR count). The summed E-state index contributed by atoms with van der Waals surface area (Å²) in [5.74, 6) is 0.896. The van der Waals surface area contributed by atoms with E-state index in [-0.39, 0.29) is 19.0 Å². The number of aliphatic hydroxyl groups excluding tert-OH is 1. The van der Waals surface area contributed by atoms with Gasteiger partial charge in [-0.25, -0.2) is 4.39 Å². The average Bonchev–Trinajstić information content (AvgIpc) is 2.54. The van der Waals surface area contributed by atoms with Gasteiger partial charge in [-0.1, -0.05) is 19.9 Å². The number of nitrogens with one attached hydrogen (secondary N) is 2. The summed E-state index contributed by atoms with van der Waals surface area (Å²) >= 11 is 0. The minimum Gasteiger partial charge on any atom is -0.389 e. The number of ether oxygens (including phenoxy) is 1. The van der Waals surface area contributed by atoms with Crippen LogP contribution in [0.25, 0.3) is 0 Å². The van der Waals surface area contributed by atoms with Crippen LogP contribution in [0.5, 0.6) is 0 Å². The molecule has 3 N–H and O–H groups in total. The summed E-state index contributed by atoms with van der Waals surface area (Å²) in [7, 11) is 0. The first-order valence-electron chi connectivity index (χ1n) is 8.95. The second-order valence-corrected chi connectivity index (χ2v) is 6.55. The lowest BCUT2D eigenvalue weighted by Gasteiger charge is -2.14. The molecule has 25 heavy (non-hydrogen) atoms. The second-order valence-electron chi connectivity index (χ2n) is 6.55. The highest BCUT2D eigenvalue weighted by molar-refractivity contribution is 5.79. The number of aliphatic hydroxyl groups is 1. The van der Waals surface area contributed by atoms with Crippen LogP contribution in [-0.2, 0) is 11.2 Å². The summed E-state index contributed by atoms with van der Waals surface area (Å²) in [6.07, 6.45) is 0.157. The van der Waals surface area contributed by atoms with Crippen LogP contribution in [0, 0.1) is 18.7 Å². The molecule has 1 unspecified atom stereocenters. The van der Waals surface area contributed by atoms with E-state index in [1.807, 2.05) is 19.9 Å². The first-order chi connectivity index (χ1) is 11.9. The van der Waals surface area contributed by atoms with Gasteiger partial charge in [-0.15, -0.1) is 0 Å². The molecule has 0 aliphatic carbocycles. The Hall–Kier alpha value is -1.66. The quantitative estimate of drug-likeness (QED) is 0.446. The summed E-state index contributed by atoms with van der Waals surface area (Å²) in [5, 5.41) is 16.3. The molecule has 0 saturated carbocycles. The van der Waals surface area contributed by atoms with Crippen molar-refractivity contribution in [3.05, 3.63) is 35.1 Å². The van der Waals surface area contributed by atoms with Crippen molar-refractivity contribution < 1.29 is 14.2 Å². The SMILES string of the molecule is CCNC(=NCC(O)COCC(C)C)NCCc1ccc(F)cc1C. The summed E-state index contributed by atoms with van der Waals surface area (Å²) < 4.78 is 18.5. The van der Waals surface area contributed by atoms with Gasteiger partial charge in [0, 0.05) is 19.7 Å². The van der Waals surface area contributed by atoms with E-state index in [9.17, 15) is 9.50 Å². The third-order valence-corrected chi connectivity index (χ3v) is 3.56. The molecule has 0 saturated heterocycles. The second kappa shape index (κ2) is 11.8. The summed E-state index contributed by atoms with van der Waals surface area (Å²) in [6.45, 7) is 10.7. The monoisotopic (exact) mass is 353 g/mol. The molecule has 5 nitrogen and oxygen atoms in total. The van der Waals surface area contributed by atoms with E-state index in [2.05, 4.69) is 29.5 Å². The normalized spacial score (nSPS) is 13.2. The van der Waals surface area contributed by atoms with Crippen molar-refractivity contribution in [1.29, 1.82) is 0 Å². The number of halogens is 1. The Morgan fingerprint density at radius 1 is 1.28 bits per heavy atom. The van der Waals surface area contributed by atoms with Crippen LogP contribution >= 0.6 is 0 Å². The lowest BCUT2D eigenvalue weighted by molar-refractivity contribution is 0.0301. The Kier molecular flexibility index (Phi) is 10.1. The van der Waals surface area contributed by atoms with Gasteiger partial charge >= 0.3 is 0 Å². The van der Waals surface area contributed by atoms with Gasteiger partial charge in [-0.2, -0.15) is 0 Å².